The van der Waals surface area contributed by atoms with Crippen molar-refractivity contribution in [1.29, 1.82) is 0 Å². The molecule has 1 fully saturated rings. The van der Waals surface area contributed by atoms with Crippen LogP contribution >= 0.6 is 0 Å². The van der Waals surface area contributed by atoms with Gasteiger partial charge in [0.05, 0.1) is 6.04 Å². The monoisotopic (exact) mass is 314 g/mol. The summed E-state index contributed by atoms with van der Waals surface area (Å²) in [6, 6.07) is 11.2. The first-order valence-corrected chi connectivity index (χ1v) is 8.70. The Morgan fingerprint density at radius 1 is 1.22 bits per heavy atom. The van der Waals surface area contributed by atoms with Crippen molar-refractivity contribution in [1.82, 2.24) is 15.5 Å². The van der Waals surface area contributed by atoms with Gasteiger partial charge in [-0.1, -0.05) is 42.5 Å². The van der Waals surface area contributed by atoms with Crippen LogP contribution in [0.1, 0.15) is 37.8 Å². The van der Waals surface area contributed by atoms with Crippen molar-refractivity contribution in [3.63, 3.8) is 0 Å². The molecule has 4 nitrogen and oxygen atoms in total. The van der Waals surface area contributed by atoms with Gasteiger partial charge in [0, 0.05) is 20.1 Å². The summed E-state index contributed by atoms with van der Waals surface area (Å²) in [5, 5.41) is 6.87. The van der Waals surface area contributed by atoms with Crippen LogP contribution in [-0.2, 0) is 0 Å². The number of hydrogen-bond acceptors (Lipinski definition) is 2. The van der Waals surface area contributed by atoms with E-state index in [0.29, 0.717) is 6.04 Å². The molecule has 0 saturated carbocycles. The first-order valence-electron chi connectivity index (χ1n) is 8.70. The van der Waals surface area contributed by atoms with Gasteiger partial charge >= 0.3 is 0 Å². The van der Waals surface area contributed by atoms with Gasteiger partial charge in [-0.2, -0.15) is 0 Å². The number of nitrogens with one attached hydrogen (secondary N) is 2. The molecule has 1 atom stereocenters. The second kappa shape index (κ2) is 10.1. The summed E-state index contributed by atoms with van der Waals surface area (Å²) in [5.74, 6) is 0.884. The number of guanidine groups is 1. The minimum absolute atomic E-state index is 0.410. The molecule has 126 valence electrons. The lowest BCUT2D eigenvalue weighted by molar-refractivity contribution is 0.245. The quantitative estimate of drug-likeness (QED) is 0.352. The Hall–Kier alpha value is -1.81. The van der Waals surface area contributed by atoms with E-state index in [1.54, 1.807) is 0 Å². The van der Waals surface area contributed by atoms with E-state index in [1.165, 1.54) is 31.5 Å². The molecular weight excluding hydrogens is 284 g/mol. The number of nitrogens with zero attached hydrogens (tertiary/aromatic N) is 2. The van der Waals surface area contributed by atoms with Crippen molar-refractivity contribution in [3.8, 4) is 0 Å². The highest BCUT2D eigenvalue weighted by atomic mass is 15.2. The highest BCUT2D eigenvalue weighted by molar-refractivity contribution is 5.79. The first-order chi connectivity index (χ1) is 11.3. The Kier molecular flexibility index (Phi) is 7.67. The van der Waals surface area contributed by atoms with E-state index >= 15 is 0 Å². The lowest BCUT2D eigenvalue weighted by atomic mass is 10.1. The third-order valence-electron chi connectivity index (χ3n) is 4.29. The maximum Gasteiger partial charge on any atom is 0.191 e. The molecule has 0 spiro atoms. The second-order valence-corrected chi connectivity index (χ2v) is 5.91. The standard InChI is InChI=1S/C19H30N4/c1-3-4-8-13-21-19(20-2)22-16-18(23-14-9-10-15-23)17-11-6-5-7-12-17/h3-7,11-12,18H,8-10,13-16H2,1-2H3,(H2,20,21,22)/b4-3+. The number of hydrogen-bond donors (Lipinski definition) is 2. The number of aliphatic imine (C=N–C) groups is 1. The Balaban J connectivity index is 1.92. The third-order valence-corrected chi connectivity index (χ3v) is 4.29. The second-order valence-electron chi connectivity index (χ2n) is 5.91. The summed E-state index contributed by atoms with van der Waals surface area (Å²) < 4.78 is 0. The highest BCUT2D eigenvalue weighted by Gasteiger charge is 2.23. The van der Waals surface area contributed by atoms with E-state index in [4.69, 9.17) is 0 Å². The molecule has 23 heavy (non-hydrogen) atoms. The van der Waals surface area contributed by atoms with Crippen LogP contribution < -0.4 is 10.6 Å². The molecule has 2 rings (SSSR count). The summed E-state index contributed by atoms with van der Waals surface area (Å²) in [4.78, 5) is 6.91. The predicted octanol–water partition coefficient (Wildman–Crippen LogP) is 2.95. The summed E-state index contributed by atoms with van der Waals surface area (Å²) in [6.45, 7) is 6.22. The Morgan fingerprint density at radius 3 is 2.61 bits per heavy atom. The van der Waals surface area contributed by atoms with Gasteiger partial charge in [0.15, 0.2) is 5.96 Å². The molecule has 0 bridgehead atoms. The fraction of sp³-hybridized carbons (Fsp3) is 0.526. The van der Waals surface area contributed by atoms with Crippen LogP contribution in [0.25, 0.3) is 0 Å². The molecule has 1 unspecified atom stereocenters. The van der Waals surface area contributed by atoms with Crippen molar-refractivity contribution in [2.75, 3.05) is 33.2 Å². The maximum atomic E-state index is 4.33. The largest absolute Gasteiger partial charge is 0.356 e. The minimum atomic E-state index is 0.410. The molecule has 0 aliphatic carbocycles. The summed E-state index contributed by atoms with van der Waals surface area (Å²) >= 11 is 0. The normalized spacial score (nSPS) is 17.6. The zero-order valence-electron chi connectivity index (χ0n) is 14.5. The van der Waals surface area contributed by atoms with Crippen molar-refractivity contribution in [2.45, 2.75) is 32.2 Å². The number of likely N-dealkylation sites (tertiary alicyclic amines) is 1. The van der Waals surface area contributed by atoms with Crippen molar-refractivity contribution in [3.05, 3.63) is 48.0 Å². The van der Waals surface area contributed by atoms with Gasteiger partial charge in [-0.3, -0.25) is 9.89 Å². The van der Waals surface area contributed by atoms with Crippen molar-refractivity contribution < 1.29 is 0 Å². The van der Waals surface area contributed by atoms with Gasteiger partial charge in [-0.15, -0.1) is 0 Å². The zero-order valence-corrected chi connectivity index (χ0v) is 14.5. The fourth-order valence-corrected chi connectivity index (χ4v) is 3.04. The van der Waals surface area contributed by atoms with Crippen LogP contribution in [0.15, 0.2) is 47.5 Å². The van der Waals surface area contributed by atoms with Gasteiger partial charge in [0.25, 0.3) is 0 Å². The molecule has 1 saturated heterocycles. The highest BCUT2D eigenvalue weighted by Crippen LogP contribution is 2.24. The topological polar surface area (TPSA) is 39.7 Å². The summed E-state index contributed by atoms with van der Waals surface area (Å²) in [7, 11) is 1.83. The van der Waals surface area contributed by atoms with Crippen LogP contribution in [0.2, 0.25) is 0 Å². The third kappa shape index (κ3) is 5.71. The van der Waals surface area contributed by atoms with E-state index in [2.05, 4.69) is 63.0 Å². The molecule has 4 heteroatoms. The molecular formula is C19H30N4. The van der Waals surface area contributed by atoms with Gasteiger partial charge < -0.3 is 10.6 Å². The molecule has 0 amide bonds. The minimum Gasteiger partial charge on any atom is -0.356 e. The van der Waals surface area contributed by atoms with Crippen LogP contribution in [0.4, 0.5) is 0 Å². The SMILES string of the molecule is C/C=C/CCNC(=NC)NCC(c1ccccc1)N1CCCC1. The average molecular weight is 314 g/mol. The smallest absolute Gasteiger partial charge is 0.191 e. The molecule has 1 aliphatic rings. The van der Waals surface area contributed by atoms with E-state index in [1.807, 2.05) is 14.0 Å². The molecule has 0 radical (unpaired) electrons. The van der Waals surface area contributed by atoms with E-state index in [9.17, 15) is 0 Å². The van der Waals surface area contributed by atoms with E-state index in [0.717, 1.165) is 25.5 Å². The Bertz CT molecular complexity index is 489. The molecule has 2 N–H and O–H groups in total. The maximum absolute atomic E-state index is 4.33. The van der Waals surface area contributed by atoms with Gasteiger partial charge in [0.2, 0.25) is 0 Å². The van der Waals surface area contributed by atoms with Crippen molar-refractivity contribution in [2.24, 2.45) is 4.99 Å². The first kappa shape index (κ1) is 17.5. The lowest BCUT2D eigenvalue weighted by Gasteiger charge is -2.29. The summed E-state index contributed by atoms with van der Waals surface area (Å²) in [5.41, 5.74) is 1.38. The van der Waals surface area contributed by atoms with Crippen LogP contribution in [0.3, 0.4) is 0 Å². The van der Waals surface area contributed by atoms with Gasteiger partial charge in [-0.05, 0) is 44.8 Å². The average Bonchev–Trinajstić information content (AvgIpc) is 3.12. The number of allylic oxidation sites excluding steroid dienone is 1. The predicted molar refractivity (Wildman–Crippen MR) is 98.8 cm³/mol. The number of rotatable bonds is 7. The number of benzene rings is 1. The van der Waals surface area contributed by atoms with Crippen LogP contribution in [0, 0.1) is 0 Å². The zero-order chi connectivity index (χ0) is 16.3. The molecule has 1 aromatic carbocycles. The Morgan fingerprint density at radius 2 is 1.96 bits per heavy atom. The molecule has 1 aromatic rings. The summed E-state index contributed by atoms with van der Waals surface area (Å²) in [6.07, 6.45) is 7.87. The van der Waals surface area contributed by atoms with Gasteiger partial charge in [0.1, 0.15) is 0 Å². The van der Waals surface area contributed by atoms with Crippen LogP contribution in [0.5, 0.6) is 0 Å². The van der Waals surface area contributed by atoms with Gasteiger partial charge in [-0.25, -0.2) is 0 Å². The Labute approximate surface area is 140 Å². The lowest BCUT2D eigenvalue weighted by Crippen LogP contribution is -2.42. The molecule has 1 heterocycles. The molecule has 1 aliphatic heterocycles. The van der Waals surface area contributed by atoms with E-state index < -0.39 is 0 Å². The molecule has 0 aromatic heterocycles. The van der Waals surface area contributed by atoms with E-state index in [-0.39, 0.29) is 0 Å². The van der Waals surface area contributed by atoms with Crippen molar-refractivity contribution >= 4 is 5.96 Å². The fourth-order valence-electron chi connectivity index (χ4n) is 3.04. The van der Waals surface area contributed by atoms with Crippen LogP contribution in [-0.4, -0.2) is 44.1 Å².